The summed E-state index contributed by atoms with van der Waals surface area (Å²) in [6.07, 6.45) is 5.31. The highest BCUT2D eigenvalue weighted by atomic mass is 15.2. The van der Waals surface area contributed by atoms with Gasteiger partial charge in [0, 0.05) is 19.0 Å². The van der Waals surface area contributed by atoms with Crippen LogP contribution in [0, 0.1) is 0 Å². The Bertz CT molecular complexity index is 743. The Morgan fingerprint density at radius 1 is 1.04 bits per heavy atom. The first-order chi connectivity index (χ1) is 12.9. The lowest BCUT2D eigenvalue weighted by molar-refractivity contribution is 0.221. The van der Waals surface area contributed by atoms with Crippen molar-refractivity contribution in [3.63, 3.8) is 0 Å². The number of hydrogen-bond acceptors (Lipinski definition) is 4. The Balaban J connectivity index is 1.52. The lowest BCUT2D eigenvalue weighted by Crippen LogP contribution is -2.37. The Morgan fingerprint density at radius 3 is 2.73 bits per heavy atom. The fourth-order valence-electron chi connectivity index (χ4n) is 4.23. The minimum absolute atomic E-state index is 0.494. The van der Waals surface area contributed by atoms with E-state index in [1.165, 1.54) is 61.7 Å². The standard InChI is InChI=1S/C22H30N4/c1-4-14-26(15-5-1)16-11-19(17-25-22-23-12-13-24-22)21-10-6-8-18-7-2-3-9-20(18)21/h2-3,6-10,19H,1,4-5,11-17H2,(H2,23,24,25). The molecule has 0 aromatic heterocycles. The SMILES string of the molecule is c1ccc2c(C(CCN3CCCCC3)CNC3=NCCN3)cccc2c1. The van der Waals surface area contributed by atoms with Gasteiger partial charge in [0.1, 0.15) is 0 Å². The van der Waals surface area contributed by atoms with E-state index < -0.39 is 0 Å². The van der Waals surface area contributed by atoms with Crippen LogP contribution in [0.3, 0.4) is 0 Å². The van der Waals surface area contributed by atoms with Crippen molar-refractivity contribution < 1.29 is 0 Å². The van der Waals surface area contributed by atoms with Crippen molar-refractivity contribution in [2.24, 2.45) is 4.99 Å². The number of nitrogens with zero attached hydrogens (tertiary/aromatic N) is 2. The monoisotopic (exact) mass is 350 g/mol. The molecule has 2 aromatic carbocycles. The molecule has 1 fully saturated rings. The van der Waals surface area contributed by atoms with Gasteiger partial charge in [-0.1, -0.05) is 48.9 Å². The average Bonchev–Trinajstić information content (AvgIpc) is 3.22. The molecule has 2 N–H and O–H groups in total. The van der Waals surface area contributed by atoms with Crippen molar-refractivity contribution >= 4 is 16.7 Å². The fourth-order valence-corrected chi connectivity index (χ4v) is 4.23. The third kappa shape index (κ3) is 4.18. The van der Waals surface area contributed by atoms with E-state index >= 15 is 0 Å². The van der Waals surface area contributed by atoms with Crippen LogP contribution in [0.1, 0.15) is 37.2 Å². The normalized spacial score (nSPS) is 19.2. The first kappa shape index (κ1) is 17.3. The van der Waals surface area contributed by atoms with E-state index in [1.807, 2.05) is 0 Å². The van der Waals surface area contributed by atoms with Gasteiger partial charge in [-0.2, -0.15) is 0 Å². The third-order valence-corrected chi connectivity index (χ3v) is 5.70. The molecule has 0 bridgehead atoms. The summed E-state index contributed by atoms with van der Waals surface area (Å²) in [5, 5.41) is 9.62. The van der Waals surface area contributed by atoms with E-state index in [4.69, 9.17) is 0 Å². The van der Waals surface area contributed by atoms with E-state index in [0.717, 1.165) is 25.6 Å². The van der Waals surface area contributed by atoms with Gasteiger partial charge in [-0.25, -0.2) is 0 Å². The molecule has 4 heteroatoms. The number of piperidine rings is 1. The molecule has 2 heterocycles. The summed E-state index contributed by atoms with van der Waals surface area (Å²) in [4.78, 5) is 7.14. The van der Waals surface area contributed by atoms with Crippen LogP contribution in [-0.4, -0.2) is 50.1 Å². The molecule has 26 heavy (non-hydrogen) atoms. The summed E-state index contributed by atoms with van der Waals surface area (Å²) in [6, 6.07) is 15.5. The van der Waals surface area contributed by atoms with Gasteiger partial charge in [0.25, 0.3) is 0 Å². The minimum atomic E-state index is 0.494. The zero-order valence-electron chi connectivity index (χ0n) is 15.6. The highest BCUT2D eigenvalue weighted by Gasteiger charge is 2.18. The van der Waals surface area contributed by atoms with Crippen LogP contribution in [0.4, 0.5) is 0 Å². The second-order valence-electron chi connectivity index (χ2n) is 7.49. The minimum Gasteiger partial charge on any atom is -0.356 e. The molecule has 1 unspecified atom stereocenters. The van der Waals surface area contributed by atoms with E-state index in [-0.39, 0.29) is 0 Å². The number of guanidine groups is 1. The van der Waals surface area contributed by atoms with Crippen molar-refractivity contribution in [3.8, 4) is 0 Å². The van der Waals surface area contributed by atoms with Crippen LogP contribution in [-0.2, 0) is 0 Å². The summed E-state index contributed by atoms with van der Waals surface area (Å²) in [6.45, 7) is 6.50. The van der Waals surface area contributed by atoms with E-state index in [2.05, 4.69) is 63.0 Å². The van der Waals surface area contributed by atoms with Gasteiger partial charge in [-0.05, 0) is 55.2 Å². The number of aliphatic imine (C=N–C) groups is 1. The van der Waals surface area contributed by atoms with Crippen molar-refractivity contribution in [3.05, 3.63) is 48.0 Å². The molecule has 0 saturated carbocycles. The average molecular weight is 351 g/mol. The zero-order valence-corrected chi connectivity index (χ0v) is 15.6. The van der Waals surface area contributed by atoms with Crippen molar-refractivity contribution in [1.29, 1.82) is 0 Å². The lowest BCUT2D eigenvalue weighted by atomic mass is 9.90. The first-order valence-corrected chi connectivity index (χ1v) is 10.1. The molecular weight excluding hydrogens is 320 g/mol. The van der Waals surface area contributed by atoms with E-state index in [1.54, 1.807) is 0 Å². The molecule has 138 valence electrons. The van der Waals surface area contributed by atoms with Crippen molar-refractivity contribution in [1.82, 2.24) is 15.5 Å². The molecule has 2 aliphatic rings. The Morgan fingerprint density at radius 2 is 1.88 bits per heavy atom. The molecular formula is C22H30N4. The molecule has 0 radical (unpaired) electrons. The van der Waals surface area contributed by atoms with Crippen LogP contribution >= 0.6 is 0 Å². The molecule has 1 saturated heterocycles. The number of hydrogen-bond donors (Lipinski definition) is 2. The predicted octanol–water partition coefficient (Wildman–Crippen LogP) is 3.35. The summed E-state index contributed by atoms with van der Waals surface area (Å²) in [5.41, 5.74) is 1.46. The van der Waals surface area contributed by atoms with Gasteiger partial charge >= 0.3 is 0 Å². The third-order valence-electron chi connectivity index (χ3n) is 5.70. The van der Waals surface area contributed by atoms with Crippen molar-refractivity contribution in [2.45, 2.75) is 31.6 Å². The first-order valence-electron chi connectivity index (χ1n) is 10.1. The number of rotatable bonds is 6. The number of nitrogens with one attached hydrogen (secondary N) is 2. The molecule has 1 atom stereocenters. The largest absolute Gasteiger partial charge is 0.356 e. The molecule has 2 aromatic rings. The highest BCUT2D eigenvalue weighted by molar-refractivity contribution is 5.86. The maximum atomic E-state index is 4.50. The van der Waals surface area contributed by atoms with Gasteiger partial charge in [0.2, 0.25) is 0 Å². The highest BCUT2D eigenvalue weighted by Crippen LogP contribution is 2.28. The van der Waals surface area contributed by atoms with Crippen LogP contribution in [0.2, 0.25) is 0 Å². The summed E-state index contributed by atoms with van der Waals surface area (Å²) in [5.74, 6) is 1.46. The van der Waals surface area contributed by atoms with Crippen LogP contribution in [0.15, 0.2) is 47.5 Å². The molecule has 4 rings (SSSR count). The Kier molecular flexibility index (Phi) is 5.70. The van der Waals surface area contributed by atoms with Gasteiger partial charge in [0.05, 0.1) is 6.54 Å². The second kappa shape index (κ2) is 8.54. The van der Waals surface area contributed by atoms with Gasteiger partial charge in [0.15, 0.2) is 5.96 Å². The Labute approximate surface area is 156 Å². The van der Waals surface area contributed by atoms with Gasteiger partial charge in [-0.3, -0.25) is 4.99 Å². The summed E-state index contributed by atoms with van der Waals surface area (Å²) < 4.78 is 0. The molecule has 0 aliphatic carbocycles. The predicted molar refractivity (Wildman–Crippen MR) is 110 cm³/mol. The van der Waals surface area contributed by atoms with E-state index in [9.17, 15) is 0 Å². The van der Waals surface area contributed by atoms with E-state index in [0.29, 0.717) is 5.92 Å². The lowest BCUT2D eigenvalue weighted by Gasteiger charge is -2.29. The second-order valence-corrected chi connectivity index (χ2v) is 7.49. The Hall–Kier alpha value is -2.07. The molecule has 2 aliphatic heterocycles. The van der Waals surface area contributed by atoms with Crippen molar-refractivity contribution in [2.75, 3.05) is 39.3 Å². The summed E-state index contributed by atoms with van der Waals surface area (Å²) in [7, 11) is 0. The van der Waals surface area contributed by atoms with Gasteiger partial charge in [-0.15, -0.1) is 0 Å². The maximum absolute atomic E-state index is 4.50. The maximum Gasteiger partial charge on any atom is 0.191 e. The molecule has 0 amide bonds. The number of benzene rings is 2. The quantitative estimate of drug-likeness (QED) is 0.839. The molecule has 0 spiro atoms. The van der Waals surface area contributed by atoms with Crippen LogP contribution in [0.5, 0.6) is 0 Å². The van der Waals surface area contributed by atoms with Gasteiger partial charge < -0.3 is 15.5 Å². The fraction of sp³-hybridized carbons (Fsp3) is 0.500. The smallest absolute Gasteiger partial charge is 0.191 e. The number of likely N-dealkylation sites (tertiary alicyclic amines) is 1. The van der Waals surface area contributed by atoms with Crippen LogP contribution < -0.4 is 10.6 Å². The zero-order chi connectivity index (χ0) is 17.6. The topological polar surface area (TPSA) is 39.7 Å². The number of fused-ring (bicyclic) bond motifs is 1. The van der Waals surface area contributed by atoms with Crippen LogP contribution in [0.25, 0.3) is 10.8 Å². The molecule has 4 nitrogen and oxygen atoms in total. The summed E-state index contributed by atoms with van der Waals surface area (Å²) >= 11 is 0.